The van der Waals surface area contributed by atoms with E-state index in [2.05, 4.69) is 26.1 Å². The summed E-state index contributed by atoms with van der Waals surface area (Å²) in [5.41, 5.74) is 1.51. The predicted octanol–water partition coefficient (Wildman–Crippen LogP) is 0.932. The first-order valence-corrected chi connectivity index (χ1v) is 3.07. The number of hydrogen-bond acceptors (Lipinski definition) is 4. The summed E-state index contributed by atoms with van der Waals surface area (Å²) in [5.74, 6) is 0. The molecule has 0 bridgehead atoms. The Morgan fingerprint density at radius 3 is 3.00 bits per heavy atom. The van der Waals surface area contributed by atoms with Crippen molar-refractivity contribution in [3.8, 4) is 11.3 Å². The van der Waals surface area contributed by atoms with E-state index in [0.29, 0.717) is 0 Å². The molecular formula is C7H4N3O. The minimum atomic E-state index is 0.722. The Morgan fingerprint density at radius 1 is 1.36 bits per heavy atom. The van der Waals surface area contributed by atoms with Crippen molar-refractivity contribution in [3.63, 3.8) is 0 Å². The van der Waals surface area contributed by atoms with Gasteiger partial charge in [0.2, 0.25) is 0 Å². The fourth-order valence-electron chi connectivity index (χ4n) is 0.755. The third-order valence-corrected chi connectivity index (χ3v) is 1.25. The average Bonchev–Trinajstić information content (AvgIpc) is 2.58. The van der Waals surface area contributed by atoms with E-state index in [1.807, 2.05) is 0 Å². The molecule has 0 aromatic carbocycles. The molecule has 0 saturated carbocycles. The molecule has 4 nitrogen and oxygen atoms in total. The molecule has 0 amide bonds. The topological polar surface area (TPSA) is 51.8 Å². The van der Waals surface area contributed by atoms with Gasteiger partial charge in [-0.2, -0.15) is 5.10 Å². The molecule has 0 spiro atoms. The molecule has 0 unspecified atom stereocenters. The maximum Gasteiger partial charge on any atom is 0.124 e. The Labute approximate surface area is 62.9 Å². The van der Waals surface area contributed by atoms with E-state index in [0.717, 1.165) is 11.3 Å². The van der Waals surface area contributed by atoms with Gasteiger partial charge in [-0.05, 0) is 6.07 Å². The Hall–Kier alpha value is -1.71. The van der Waals surface area contributed by atoms with Crippen molar-refractivity contribution in [2.75, 3.05) is 0 Å². The van der Waals surface area contributed by atoms with Crippen molar-refractivity contribution in [3.05, 3.63) is 30.8 Å². The van der Waals surface area contributed by atoms with Gasteiger partial charge in [0.25, 0.3) is 0 Å². The molecule has 2 heterocycles. The molecule has 0 saturated heterocycles. The van der Waals surface area contributed by atoms with Crippen molar-refractivity contribution in [1.82, 2.24) is 15.4 Å². The fraction of sp³-hybridized carbons (Fsp3) is 0. The maximum atomic E-state index is 4.65. The van der Waals surface area contributed by atoms with Crippen LogP contribution in [0.2, 0.25) is 0 Å². The van der Waals surface area contributed by atoms with Gasteiger partial charge >= 0.3 is 0 Å². The zero-order chi connectivity index (χ0) is 7.52. The van der Waals surface area contributed by atoms with Crippen LogP contribution in [0.1, 0.15) is 0 Å². The molecule has 0 aliphatic rings. The van der Waals surface area contributed by atoms with Crippen LogP contribution in [-0.4, -0.2) is 15.4 Å². The fourth-order valence-corrected chi connectivity index (χ4v) is 0.755. The maximum absolute atomic E-state index is 4.65. The summed E-state index contributed by atoms with van der Waals surface area (Å²) in [7, 11) is 0. The van der Waals surface area contributed by atoms with Crippen molar-refractivity contribution < 1.29 is 4.52 Å². The predicted molar refractivity (Wildman–Crippen MR) is 36.4 cm³/mol. The quantitative estimate of drug-likeness (QED) is 0.600. The number of rotatable bonds is 1. The second-order valence-electron chi connectivity index (χ2n) is 1.94. The summed E-state index contributed by atoms with van der Waals surface area (Å²) in [5, 5.41) is 10.9. The Balaban J connectivity index is 2.46. The summed E-state index contributed by atoms with van der Waals surface area (Å²) >= 11 is 0. The largest absolute Gasteiger partial charge is 0.364 e. The highest BCUT2D eigenvalue weighted by Gasteiger charge is 1.99. The lowest BCUT2D eigenvalue weighted by molar-refractivity contribution is 0.422. The van der Waals surface area contributed by atoms with E-state index in [4.69, 9.17) is 0 Å². The van der Waals surface area contributed by atoms with Gasteiger partial charge in [0.15, 0.2) is 0 Å². The highest BCUT2D eigenvalue weighted by atomic mass is 16.5. The van der Waals surface area contributed by atoms with E-state index >= 15 is 0 Å². The highest BCUT2D eigenvalue weighted by molar-refractivity contribution is 5.54. The van der Waals surface area contributed by atoms with E-state index in [-0.39, 0.29) is 0 Å². The molecular weight excluding hydrogens is 142 g/mol. The molecule has 11 heavy (non-hydrogen) atoms. The summed E-state index contributed by atoms with van der Waals surface area (Å²) in [4.78, 5) is 0. The molecule has 53 valence electrons. The van der Waals surface area contributed by atoms with E-state index in [1.54, 1.807) is 18.3 Å². The van der Waals surface area contributed by atoms with Gasteiger partial charge < -0.3 is 4.52 Å². The zero-order valence-electron chi connectivity index (χ0n) is 5.56. The number of aromatic nitrogens is 3. The van der Waals surface area contributed by atoms with Gasteiger partial charge in [0, 0.05) is 11.6 Å². The van der Waals surface area contributed by atoms with Crippen LogP contribution >= 0.6 is 0 Å². The van der Waals surface area contributed by atoms with Crippen LogP contribution in [0.5, 0.6) is 0 Å². The Morgan fingerprint density at radius 2 is 2.36 bits per heavy atom. The van der Waals surface area contributed by atoms with E-state index in [9.17, 15) is 0 Å². The van der Waals surface area contributed by atoms with Crippen molar-refractivity contribution in [1.29, 1.82) is 0 Å². The molecule has 1 radical (unpaired) electrons. The van der Waals surface area contributed by atoms with E-state index in [1.165, 1.54) is 6.26 Å². The molecule has 0 aliphatic carbocycles. The zero-order valence-corrected chi connectivity index (χ0v) is 5.56. The molecule has 0 N–H and O–H groups in total. The van der Waals surface area contributed by atoms with E-state index < -0.39 is 0 Å². The standard InChI is InChI=1S/C7H4N3O/c1-3-8-9-5-6(1)7-2-4-11-10-7/h1-4H. The lowest BCUT2D eigenvalue weighted by Crippen LogP contribution is -1.81. The van der Waals surface area contributed by atoms with Crippen LogP contribution in [-0.2, 0) is 0 Å². The van der Waals surface area contributed by atoms with Crippen LogP contribution in [0.3, 0.4) is 0 Å². The molecule has 2 aromatic rings. The summed E-state index contributed by atoms with van der Waals surface area (Å²) in [6, 6.07) is 3.51. The first-order chi connectivity index (χ1) is 5.47. The Bertz CT molecular complexity index is 317. The van der Waals surface area contributed by atoms with Gasteiger partial charge in [-0.3, -0.25) is 0 Å². The number of nitrogens with zero attached hydrogens (tertiary/aromatic N) is 3. The van der Waals surface area contributed by atoms with Crippen LogP contribution < -0.4 is 0 Å². The van der Waals surface area contributed by atoms with Crippen molar-refractivity contribution in [2.24, 2.45) is 0 Å². The van der Waals surface area contributed by atoms with Gasteiger partial charge in [-0.1, -0.05) is 5.16 Å². The van der Waals surface area contributed by atoms with Gasteiger partial charge in [0.1, 0.15) is 18.2 Å². The first kappa shape index (κ1) is 6.03. The second-order valence-corrected chi connectivity index (χ2v) is 1.94. The molecule has 4 heteroatoms. The van der Waals surface area contributed by atoms with Crippen molar-refractivity contribution >= 4 is 0 Å². The summed E-state index contributed by atoms with van der Waals surface area (Å²) in [6.45, 7) is 0. The summed E-state index contributed by atoms with van der Waals surface area (Å²) in [6.07, 6.45) is 5.77. The summed E-state index contributed by atoms with van der Waals surface area (Å²) < 4.78 is 4.65. The smallest absolute Gasteiger partial charge is 0.124 e. The Kier molecular flexibility index (Phi) is 1.37. The number of hydrogen-bond donors (Lipinski definition) is 0. The van der Waals surface area contributed by atoms with Crippen LogP contribution in [0.4, 0.5) is 0 Å². The third-order valence-electron chi connectivity index (χ3n) is 1.25. The second kappa shape index (κ2) is 2.49. The van der Waals surface area contributed by atoms with Gasteiger partial charge in [0.05, 0.1) is 6.20 Å². The molecule has 2 aromatic heterocycles. The van der Waals surface area contributed by atoms with Gasteiger partial charge in [-0.25, -0.2) is 0 Å². The molecule has 2 rings (SSSR count). The molecule has 0 atom stereocenters. The lowest BCUT2D eigenvalue weighted by Gasteiger charge is -1.88. The minimum absolute atomic E-state index is 0.722. The molecule has 0 aliphatic heterocycles. The van der Waals surface area contributed by atoms with Crippen molar-refractivity contribution in [2.45, 2.75) is 0 Å². The minimum Gasteiger partial charge on any atom is -0.364 e. The lowest BCUT2D eigenvalue weighted by atomic mass is 10.2. The van der Waals surface area contributed by atoms with Crippen LogP contribution in [0.15, 0.2) is 29.1 Å². The van der Waals surface area contributed by atoms with Crippen LogP contribution in [0, 0.1) is 6.20 Å². The monoisotopic (exact) mass is 146 g/mol. The SMILES string of the molecule is [c]1nnccc1-c1ccon1. The van der Waals surface area contributed by atoms with Gasteiger partial charge in [-0.15, -0.1) is 5.10 Å². The van der Waals surface area contributed by atoms with Crippen LogP contribution in [0.25, 0.3) is 11.3 Å². The highest BCUT2D eigenvalue weighted by Crippen LogP contribution is 2.12. The average molecular weight is 146 g/mol. The first-order valence-electron chi connectivity index (χ1n) is 3.07. The normalized spacial score (nSPS) is 9.82. The third kappa shape index (κ3) is 1.10. The molecule has 0 fully saturated rings.